The molecule has 0 spiro atoms. The molecule has 3 heterocycles. The first kappa shape index (κ1) is 17.8. The molecule has 2 amide bonds. The van der Waals surface area contributed by atoms with Crippen LogP contribution in [0.15, 0.2) is 30.5 Å². The van der Waals surface area contributed by atoms with Crippen LogP contribution in [0.2, 0.25) is 0 Å². The summed E-state index contributed by atoms with van der Waals surface area (Å²) in [7, 11) is 0. The summed E-state index contributed by atoms with van der Waals surface area (Å²) >= 11 is 0. The van der Waals surface area contributed by atoms with Crippen LogP contribution in [0.25, 0.3) is 11.3 Å². The molecule has 0 saturated carbocycles. The number of benzene rings is 1. The summed E-state index contributed by atoms with van der Waals surface area (Å²) in [6.07, 6.45) is 0.493. The molecule has 1 aromatic carbocycles. The Morgan fingerprint density at radius 2 is 1.96 bits per heavy atom. The zero-order valence-corrected chi connectivity index (χ0v) is 14.8. The number of anilines is 1. The van der Waals surface area contributed by atoms with Crippen molar-refractivity contribution in [2.24, 2.45) is 0 Å². The summed E-state index contributed by atoms with van der Waals surface area (Å²) in [6.45, 7) is 1.78. The van der Waals surface area contributed by atoms with Crippen LogP contribution < -0.4 is 5.32 Å². The smallest absolute Gasteiger partial charge is 0.318 e. The van der Waals surface area contributed by atoms with Crippen LogP contribution in [0.5, 0.6) is 0 Å². The lowest BCUT2D eigenvalue weighted by Gasteiger charge is -2.52. The lowest BCUT2D eigenvalue weighted by atomic mass is 9.80. The molecule has 2 aromatic rings. The second-order valence-corrected chi connectivity index (χ2v) is 7.17. The molecule has 142 valence electrons. The SMILES string of the molecule is Cc1ccc(NC(=O)N2C3CCCC2C3)cc1-c1cc(C(F)(F)F)cnn1. The second-order valence-electron chi connectivity index (χ2n) is 7.17. The molecule has 2 atom stereocenters. The summed E-state index contributed by atoms with van der Waals surface area (Å²) in [4.78, 5) is 14.4. The molecule has 0 aliphatic carbocycles. The van der Waals surface area contributed by atoms with Gasteiger partial charge in [-0.25, -0.2) is 4.79 Å². The summed E-state index contributed by atoms with van der Waals surface area (Å²) in [5.41, 5.74) is 1.07. The third-order valence-corrected chi connectivity index (χ3v) is 5.39. The van der Waals surface area contributed by atoms with Crippen LogP contribution in [-0.2, 0) is 6.18 Å². The van der Waals surface area contributed by atoms with Crippen molar-refractivity contribution >= 4 is 11.7 Å². The van der Waals surface area contributed by atoms with Crippen LogP contribution in [0, 0.1) is 6.92 Å². The fourth-order valence-corrected chi connectivity index (χ4v) is 3.95. The monoisotopic (exact) mass is 376 g/mol. The minimum absolute atomic E-state index is 0.124. The Morgan fingerprint density at radius 3 is 2.63 bits per heavy atom. The van der Waals surface area contributed by atoms with Crippen molar-refractivity contribution in [2.75, 3.05) is 5.32 Å². The third-order valence-electron chi connectivity index (χ3n) is 5.39. The molecule has 2 saturated heterocycles. The molecule has 2 bridgehead atoms. The van der Waals surface area contributed by atoms with E-state index < -0.39 is 11.7 Å². The summed E-state index contributed by atoms with van der Waals surface area (Å²) in [5, 5.41) is 10.2. The van der Waals surface area contributed by atoms with Gasteiger partial charge in [0.25, 0.3) is 0 Å². The number of urea groups is 1. The Hall–Kier alpha value is -2.64. The fraction of sp³-hybridized carbons (Fsp3) is 0.421. The summed E-state index contributed by atoms with van der Waals surface area (Å²) in [6, 6.07) is 6.58. The van der Waals surface area contributed by atoms with E-state index in [1.165, 1.54) is 0 Å². The van der Waals surface area contributed by atoms with Crippen molar-refractivity contribution in [3.05, 3.63) is 41.6 Å². The molecule has 8 heteroatoms. The highest BCUT2D eigenvalue weighted by atomic mass is 19.4. The largest absolute Gasteiger partial charge is 0.418 e. The van der Waals surface area contributed by atoms with Gasteiger partial charge in [-0.2, -0.15) is 23.4 Å². The topological polar surface area (TPSA) is 58.1 Å². The van der Waals surface area contributed by atoms with Crippen molar-refractivity contribution in [1.82, 2.24) is 15.1 Å². The highest BCUT2D eigenvalue weighted by Crippen LogP contribution is 2.38. The van der Waals surface area contributed by atoms with E-state index in [0.29, 0.717) is 29.5 Å². The number of hydrogen-bond acceptors (Lipinski definition) is 3. The predicted octanol–water partition coefficient (Wildman–Crippen LogP) is 4.63. The maximum Gasteiger partial charge on any atom is 0.418 e. The molecule has 5 nitrogen and oxygen atoms in total. The van der Waals surface area contributed by atoms with Crippen LogP contribution >= 0.6 is 0 Å². The average Bonchev–Trinajstić information content (AvgIpc) is 2.63. The van der Waals surface area contributed by atoms with Gasteiger partial charge in [-0.15, -0.1) is 0 Å². The fourth-order valence-electron chi connectivity index (χ4n) is 3.95. The van der Waals surface area contributed by atoms with E-state index in [-0.39, 0.29) is 11.7 Å². The maximum absolute atomic E-state index is 13.0. The summed E-state index contributed by atoms with van der Waals surface area (Å²) in [5.74, 6) is 0. The predicted molar refractivity (Wildman–Crippen MR) is 94.1 cm³/mol. The molecule has 0 radical (unpaired) electrons. The van der Waals surface area contributed by atoms with Gasteiger partial charge in [0.1, 0.15) is 0 Å². The Labute approximate surface area is 154 Å². The zero-order chi connectivity index (χ0) is 19.2. The van der Waals surface area contributed by atoms with Crippen LogP contribution in [0.4, 0.5) is 23.7 Å². The van der Waals surface area contributed by atoms with Crippen LogP contribution in [0.1, 0.15) is 36.8 Å². The van der Waals surface area contributed by atoms with Gasteiger partial charge in [-0.3, -0.25) is 0 Å². The molecule has 2 unspecified atom stereocenters. The second kappa shape index (κ2) is 6.51. The van der Waals surface area contributed by atoms with Crippen LogP contribution in [-0.4, -0.2) is 33.2 Å². The van der Waals surface area contributed by atoms with Gasteiger partial charge in [0.15, 0.2) is 0 Å². The van der Waals surface area contributed by atoms with Gasteiger partial charge < -0.3 is 10.2 Å². The number of halogens is 3. The van der Waals surface area contributed by atoms with Gasteiger partial charge in [0.05, 0.1) is 17.5 Å². The van der Waals surface area contributed by atoms with Gasteiger partial charge in [0, 0.05) is 23.3 Å². The molecule has 2 fully saturated rings. The highest BCUT2D eigenvalue weighted by Gasteiger charge is 2.44. The first-order valence-electron chi connectivity index (χ1n) is 8.93. The third kappa shape index (κ3) is 3.36. The molecular formula is C19H19F3N4O. The van der Waals surface area contributed by atoms with Crippen molar-refractivity contribution in [3.8, 4) is 11.3 Å². The Morgan fingerprint density at radius 1 is 1.22 bits per heavy atom. The van der Waals surface area contributed by atoms with E-state index in [1.807, 2.05) is 4.90 Å². The number of alkyl halides is 3. The number of hydrogen-bond donors (Lipinski definition) is 1. The molecule has 2 aliphatic rings. The van der Waals surface area contributed by atoms with Crippen molar-refractivity contribution in [3.63, 3.8) is 0 Å². The standard InChI is InChI=1S/C19H19F3N4O/c1-11-5-6-13(24-18(27)26-14-3-2-4-15(26)9-14)8-16(11)17-7-12(10-23-25-17)19(20,21)22/h5-8,10,14-15H,2-4,9H2,1H3,(H,24,27). The Kier molecular flexibility index (Phi) is 4.28. The lowest BCUT2D eigenvalue weighted by Crippen LogP contribution is -2.62. The quantitative estimate of drug-likeness (QED) is 0.831. The average molecular weight is 376 g/mol. The number of aromatic nitrogens is 2. The molecule has 1 N–H and O–H groups in total. The number of carbonyl (C=O) groups is 1. The minimum Gasteiger partial charge on any atom is -0.318 e. The van der Waals surface area contributed by atoms with E-state index in [4.69, 9.17) is 0 Å². The first-order valence-corrected chi connectivity index (χ1v) is 8.93. The van der Waals surface area contributed by atoms with Gasteiger partial charge in [-0.05, 0) is 56.4 Å². The Balaban J connectivity index is 1.58. The van der Waals surface area contributed by atoms with E-state index in [2.05, 4.69) is 15.5 Å². The van der Waals surface area contributed by atoms with E-state index in [0.717, 1.165) is 37.3 Å². The number of amides is 2. The molecular weight excluding hydrogens is 357 g/mol. The maximum atomic E-state index is 13.0. The molecule has 2 aliphatic heterocycles. The van der Waals surface area contributed by atoms with Gasteiger partial charge >= 0.3 is 12.2 Å². The van der Waals surface area contributed by atoms with Gasteiger partial charge in [0.2, 0.25) is 0 Å². The molecule has 1 aromatic heterocycles. The van der Waals surface area contributed by atoms with Crippen molar-refractivity contribution in [2.45, 2.75) is 50.9 Å². The number of rotatable bonds is 2. The van der Waals surface area contributed by atoms with Crippen molar-refractivity contribution < 1.29 is 18.0 Å². The first-order chi connectivity index (χ1) is 12.8. The van der Waals surface area contributed by atoms with E-state index >= 15 is 0 Å². The molecule has 4 rings (SSSR count). The number of aryl methyl sites for hydroxylation is 1. The number of nitrogens with one attached hydrogen (secondary N) is 1. The van der Waals surface area contributed by atoms with Gasteiger partial charge in [-0.1, -0.05) is 6.07 Å². The highest BCUT2D eigenvalue weighted by molar-refractivity contribution is 5.91. The lowest BCUT2D eigenvalue weighted by molar-refractivity contribution is -0.137. The van der Waals surface area contributed by atoms with Crippen molar-refractivity contribution in [1.29, 1.82) is 0 Å². The summed E-state index contributed by atoms with van der Waals surface area (Å²) < 4.78 is 38.9. The number of piperidine rings is 1. The number of nitrogens with zero attached hydrogens (tertiary/aromatic N) is 3. The van der Waals surface area contributed by atoms with Crippen LogP contribution in [0.3, 0.4) is 0 Å². The number of carbonyl (C=O) groups excluding carboxylic acids is 1. The van der Waals surface area contributed by atoms with E-state index in [9.17, 15) is 18.0 Å². The normalized spacial score (nSPS) is 21.6. The zero-order valence-electron chi connectivity index (χ0n) is 14.8. The van der Waals surface area contributed by atoms with E-state index in [1.54, 1.807) is 25.1 Å². The minimum atomic E-state index is -4.49. The molecule has 27 heavy (non-hydrogen) atoms. The number of fused-ring (bicyclic) bond motifs is 2. The Bertz CT molecular complexity index is 869.